The van der Waals surface area contributed by atoms with Crippen molar-refractivity contribution in [3.05, 3.63) is 47.4 Å². The quantitative estimate of drug-likeness (QED) is 0.913. The number of aromatic nitrogens is 2. The highest BCUT2D eigenvalue weighted by atomic mass is 15.1. The van der Waals surface area contributed by atoms with Crippen molar-refractivity contribution >= 4 is 11.5 Å². The van der Waals surface area contributed by atoms with Crippen LogP contribution in [0.5, 0.6) is 0 Å². The molecule has 0 fully saturated rings. The van der Waals surface area contributed by atoms with Crippen molar-refractivity contribution < 1.29 is 0 Å². The number of benzene rings is 1. The summed E-state index contributed by atoms with van der Waals surface area (Å²) < 4.78 is 0. The highest BCUT2D eigenvalue weighted by Gasteiger charge is 2.06. The maximum absolute atomic E-state index is 4.48. The molecule has 2 aromatic rings. The van der Waals surface area contributed by atoms with Gasteiger partial charge in [0.15, 0.2) is 0 Å². The number of hydrogen-bond acceptors (Lipinski definition) is 4. The summed E-state index contributed by atoms with van der Waals surface area (Å²) in [5.41, 5.74) is 3.41. The molecule has 1 aromatic heterocycles. The molecule has 1 heterocycles. The van der Waals surface area contributed by atoms with Crippen LogP contribution in [-0.2, 0) is 6.54 Å². The van der Waals surface area contributed by atoms with Gasteiger partial charge in [-0.15, -0.1) is 0 Å². The van der Waals surface area contributed by atoms with Gasteiger partial charge in [-0.25, -0.2) is 9.97 Å². The van der Waals surface area contributed by atoms with Gasteiger partial charge >= 0.3 is 0 Å². The van der Waals surface area contributed by atoms with E-state index in [-0.39, 0.29) is 0 Å². The zero-order valence-electron chi connectivity index (χ0n) is 11.9. The lowest BCUT2D eigenvalue weighted by atomic mass is 10.2. The van der Waals surface area contributed by atoms with Crippen LogP contribution in [-0.4, -0.2) is 24.1 Å². The molecule has 0 aliphatic rings. The number of aryl methyl sites for hydroxylation is 2. The summed E-state index contributed by atoms with van der Waals surface area (Å²) in [6.07, 6.45) is 0. The van der Waals surface area contributed by atoms with Crippen LogP contribution in [0.1, 0.15) is 17.1 Å². The molecule has 0 unspecified atom stereocenters. The van der Waals surface area contributed by atoms with Gasteiger partial charge in [0.2, 0.25) is 0 Å². The molecule has 2 rings (SSSR count). The molecule has 0 bridgehead atoms. The van der Waals surface area contributed by atoms with E-state index in [9.17, 15) is 0 Å². The second kappa shape index (κ2) is 5.69. The fourth-order valence-corrected chi connectivity index (χ4v) is 2.00. The van der Waals surface area contributed by atoms with Gasteiger partial charge in [0.1, 0.15) is 11.6 Å². The molecule has 0 atom stereocenters. The minimum Gasteiger partial charge on any atom is -0.373 e. The van der Waals surface area contributed by atoms with E-state index in [2.05, 4.69) is 58.4 Å². The van der Waals surface area contributed by atoms with E-state index >= 15 is 0 Å². The molecule has 0 amide bonds. The lowest BCUT2D eigenvalue weighted by Crippen LogP contribution is -2.19. The summed E-state index contributed by atoms with van der Waals surface area (Å²) in [5, 5.41) is 3.06. The molecular formula is C15H20N4. The van der Waals surface area contributed by atoms with Gasteiger partial charge in [-0.05, 0) is 31.5 Å². The highest BCUT2D eigenvalue weighted by Crippen LogP contribution is 2.16. The smallest absolute Gasteiger partial charge is 0.150 e. The van der Waals surface area contributed by atoms with E-state index < -0.39 is 0 Å². The van der Waals surface area contributed by atoms with E-state index in [0.717, 1.165) is 17.3 Å². The van der Waals surface area contributed by atoms with Gasteiger partial charge in [-0.3, -0.25) is 0 Å². The van der Waals surface area contributed by atoms with Crippen LogP contribution in [0.4, 0.5) is 11.5 Å². The van der Waals surface area contributed by atoms with Gasteiger partial charge in [0.05, 0.1) is 6.54 Å². The SMILES string of the molecule is CNc1cc(C)nc(CN(C)c2cccc(C)c2)n1. The maximum atomic E-state index is 4.48. The van der Waals surface area contributed by atoms with Crippen LogP contribution >= 0.6 is 0 Å². The zero-order valence-corrected chi connectivity index (χ0v) is 11.9. The first-order valence-electron chi connectivity index (χ1n) is 6.38. The third kappa shape index (κ3) is 3.44. The van der Waals surface area contributed by atoms with Gasteiger partial charge in [0.25, 0.3) is 0 Å². The predicted molar refractivity (Wildman–Crippen MR) is 79.6 cm³/mol. The van der Waals surface area contributed by atoms with Crippen LogP contribution in [0.25, 0.3) is 0 Å². The molecule has 100 valence electrons. The average molecular weight is 256 g/mol. The molecule has 0 radical (unpaired) electrons. The van der Waals surface area contributed by atoms with Gasteiger partial charge in [-0.2, -0.15) is 0 Å². The zero-order chi connectivity index (χ0) is 13.8. The maximum Gasteiger partial charge on any atom is 0.150 e. The van der Waals surface area contributed by atoms with E-state index in [1.54, 1.807) is 0 Å². The molecule has 0 saturated carbocycles. The number of hydrogen-bond donors (Lipinski definition) is 1. The number of nitrogens with one attached hydrogen (secondary N) is 1. The fraction of sp³-hybridized carbons (Fsp3) is 0.333. The third-order valence-corrected chi connectivity index (χ3v) is 2.98. The Morgan fingerprint density at radius 1 is 1.16 bits per heavy atom. The number of anilines is 2. The summed E-state index contributed by atoms with van der Waals surface area (Å²) >= 11 is 0. The second-order valence-electron chi connectivity index (χ2n) is 4.76. The van der Waals surface area contributed by atoms with Gasteiger partial charge < -0.3 is 10.2 Å². The van der Waals surface area contributed by atoms with Crippen LogP contribution in [0.15, 0.2) is 30.3 Å². The lowest BCUT2D eigenvalue weighted by Gasteiger charge is -2.19. The lowest BCUT2D eigenvalue weighted by molar-refractivity contribution is 0.829. The van der Waals surface area contributed by atoms with Crippen molar-refractivity contribution in [2.45, 2.75) is 20.4 Å². The normalized spacial score (nSPS) is 10.3. The molecule has 0 aliphatic heterocycles. The first-order chi connectivity index (χ1) is 9.08. The summed E-state index contributed by atoms with van der Waals surface area (Å²) in [6.45, 7) is 4.78. The first-order valence-corrected chi connectivity index (χ1v) is 6.38. The highest BCUT2D eigenvalue weighted by molar-refractivity contribution is 5.47. The average Bonchev–Trinajstić information content (AvgIpc) is 2.38. The summed E-state index contributed by atoms with van der Waals surface area (Å²) in [6, 6.07) is 10.4. The summed E-state index contributed by atoms with van der Waals surface area (Å²) in [4.78, 5) is 11.1. The molecule has 4 nitrogen and oxygen atoms in total. The first kappa shape index (κ1) is 13.3. The molecule has 1 aromatic carbocycles. The van der Waals surface area contributed by atoms with Crippen molar-refractivity contribution in [3.8, 4) is 0 Å². The third-order valence-electron chi connectivity index (χ3n) is 2.98. The van der Waals surface area contributed by atoms with Crippen LogP contribution < -0.4 is 10.2 Å². The minimum atomic E-state index is 0.694. The summed E-state index contributed by atoms with van der Waals surface area (Å²) in [5.74, 6) is 1.69. The van der Waals surface area contributed by atoms with E-state index in [1.165, 1.54) is 11.3 Å². The monoisotopic (exact) mass is 256 g/mol. The Morgan fingerprint density at radius 2 is 1.95 bits per heavy atom. The predicted octanol–water partition coefficient (Wildman–Crippen LogP) is 2.77. The largest absolute Gasteiger partial charge is 0.373 e. The molecule has 1 N–H and O–H groups in total. The molecule has 19 heavy (non-hydrogen) atoms. The molecule has 4 heteroatoms. The van der Waals surface area contributed by atoms with E-state index in [0.29, 0.717) is 6.54 Å². The summed E-state index contributed by atoms with van der Waals surface area (Å²) in [7, 11) is 3.93. The van der Waals surface area contributed by atoms with Crippen molar-refractivity contribution in [3.63, 3.8) is 0 Å². The van der Waals surface area contributed by atoms with Crippen LogP contribution in [0, 0.1) is 13.8 Å². The van der Waals surface area contributed by atoms with Crippen LogP contribution in [0.2, 0.25) is 0 Å². The molecule has 0 aliphatic carbocycles. The Bertz CT molecular complexity index is 566. The topological polar surface area (TPSA) is 41.1 Å². The van der Waals surface area contributed by atoms with Gasteiger partial charge in [-0.1, -0.05) is 12.1 Å². The Morgan fingerprint density at radius 3 is 2.63 bits per heavy atom. The minimum absolute atomic E-state index is 0.694. The Balaban J connectivity index is 2.18. The Hall–Kier alpha value is -2.10. The van der Waals surface area contributed by atoms with Crippen molar-refractivity contribution in [1.82, 2.24) is 9.97 Å². The molecular weight excluding hydrogens is 236 g/mol. The van der Waals surface area contributed by atoms with E-state index in [1.807, 2.05) is 20.0 Å². The molecule has 0 saturated heterocycles. The van der Waals surface area contributed by atoms with Crippen molar-refractivity contribution in [1.29, 1.82) is 0 Å². The molecule has 0 spiro atoms. The Labute approximate surface area is 114 Å². The van der Waals surface area contributed by atoms with Crippen LogP contribution in [0.3, 0.4) is 0 Å². The number of nitrogens with zero attached hydrogens (tertiary/aromatic N) is 3. The van der Waals surface area contributed by atoms with Crippen molar-refractivity contribution in [2.75, 3.05) is 24.3 Å². The fourth-order valence-electron chi connectivity index (χ4n) is 2.00. The van der Waals surface area contributed by atoms with Gasteiger partial charge in [0, 0.05) is 31.5 Å². The van der Waals surface area contributed by atoms with E-state index in [4.69, 9.17) is 0 Å². The second-order valence-corrected chi connectivity index (χ2v) is 4.76. The van der Waals surface area contributed by atoms with Crippen molar-refractivity contribution in [2.24, 2.45) is 0 Å². The standard InChI is InChI=1S/C15H20N4/c1-11-6-5-7-13(8-11)19(4)10-15-17-12(2)9-14(16-3)18-15/h5-9H,10H2,1-4H3,(H,16,17,18). The number of rotatable bonds is 4. The Kier molecular flexibility index (Phi) is 4.00.